The summed E-state index contributed by atoms with van der Waals surface area (Å²) in [5.41, 5.74) is 6.01. The fraction of sp³-hybridized carbons (Fsp3) is 0.632. The first-order chi connectivity index (χ1) is 12.8. The molecule has 1 atom stereocenters. The lowest BCUT2D eigenvalue weighted by molar-refractivity contribution is -0.117. The predicted molar refractivity (Wildman–Crippen MR) is 104 cm³/mol. The number of carbonyl (C=O) groups is 2. The minimum Gasteiger partial charge on any atom is -0.444 e. The van der Waals surface area contributed by atoms with Crippen molar-refractivity contribution in [2.75, 3.05) is 49.1 Å². The number of rotatable bonds is 3. The minimum absolute atomic E-state index is 0.103. The van der Waals surface area contributed by atoms with Crippen molar-refractivity contribution in [2.45, 2.75) is 32.8 Å². The fourth-order valence-electron chi connectivity index (χ4n) is 3.36. The fourth-order valence-corrected chi connectivity index (χ4v) is 3.36. The van der Waals surface area contributed by atoms with E-state index in [0.29, 0.717) is 45.7 Å². The van der Waals surface area contributed by atoms with Gasteiger partial charge in [0.2, 0.25) is 5.91 Å². The summed E-state index contributed by atoms with van der Waals surface area (Å²) in [4.78, 5) is 34.4. The summed E-state index contributed by atoms with van der Waals surface area (Å²) < 4.78 is 5.43. The molecule has 2 aliphatic rings. The highest BCUT2D eigenvalue weighted by atomic mass is 16.6. The van der Waals surface area contributed by atoms with Crippen molar-refractivity contribution in [1.82, 2.24) is 9.88 Å². The van der Waals surface area contributed by atoms with E-state index in [1.54, 1.807) is 16.0 Å². The highest BCUT2D eigenvalue weighted by Gasteiger charge is 2.30. The van der Waals surface area contributed by atoms with Crippen molar-refractivity contribution in [3.05, 3.63) is 18.3 Å². The van der Waals surface area contributed by atoms with E-state index in [1.165, 1.54) is 0 Å². The molecule has 2 fully saturated rings. The maximum atomic E-state index is 12.2. The first-order valence-corrected chi connectivity index (χ1v) is 9.46. The number of pyridine rings is 1. The Balaban J connectivity index is 1.56. The van der Waals surface area contributed by atoms with Crippen molar-refractivity contribution in [3.63, 3.8) is 0 Å². The topological polar surface area (TPSA) is 92.0 Å². The van der Waals surface area contributed by atoms with E-state index in [4.69, 9.17) is 10.5 Å². The van der Waals surface area contributed by atoms with Crippen LogP contribution in [0.1, 0.15) is 27.2 Å². The highest BCUT2D eigenvalue weighted by molar-refractivity contribution is 5.95. The Bertz CT molecular complexity index is 678. The molecule has 0 bridgehead atoms. The number of aromatic nitrogens is 1. The molecule has 0 spiro atoms. The van der Waals surface area contributed by atoms with Gasteiger partial charge in [0.25, 0.3) is 0 Å². The summed E-state index contributed by atoms with van der Waals surface area (Å²) >= 11 is 0. The summed E-state index contributed by atoms with van der Waals surface area (Å²) in [6.07, 6.45) is 1.98. The molecule has 1 aromatic heterocycles. The SMILES string of the molecule is CC(C)(C)OC(=O)N1CCN(c2ccc(N3CC(CN)CC3=O)cn2)CC1. The summed E-state index contributed by atoms with van der Waals surface area (Å²) in [5, 5.41) is 0. The number of nitrogens with two attached hydrogens (primary N) is 1. The van der Waals surface area contributed by atoms with Gasteiger partial charge >= 0.3 is 6.09 Å². The summed E-state index contributed by atoms with van der Waals surface area (Å²) in [6.45, 7) is 9.38. The number of carbonyl (C=O) groups excluding carboxylic acids is 2. The van der Waals surface area contributed by atoms with Crippen LogP contribution < -0.4 is 15.5 Å². The molecule has 0 radical (unpaired) electrons. The van der Waals surface area contributed by atoms with Gasteiger partial charge in [-0.1, -0.05) is 0 Å². The second kappa shape index (κ2) is 7.72. The molecular formula is C19H29N5O3. The molecule has 0 saturated carbocycles. The van der Waals surface area contributed by atoms with Crippen LogP contribution in [-0.2, 0) is 9.53 Å². The Hall–Kier alpha value is -2.35. The molecule has 0 aliphatic carbocycles. The molecule has 8 heteroatoms. The lowest BCUT2D eigenvalue weighted by Crippen LogP contribution is -2.50. The van der Waals surface area contributed by atoms with Crippen molar-refractivity contribution < 1.29 is 14.3 Å². The number of amides is 2. The first-order valence-electron chi connectivity index (χ1n) is 9.46. The lowest BCUT2D eigenvalue weighted by Gasteiger charge is -2.36. The van der Waals surface area contributed by atoms with Crippen molar-refractivity contribution in [1.29, 1.82) is 0 Å². The Morgan fingerprint density at radius 3 is 2.48 bits per heavy atom. The van der Waals surface area contributed by atoms with Gasteiger partial charge in [0.15, 0.2) is 0 Å². The standard InChI is InChI=1S/C19H29N5O3/c1-19(2,3)27-18(26)23-8-6-22(7-9-23)16-5-4-15(12-21-16)24-13-14(11-20)10-17(24)25/h4-5,12,14H,6-11,13,20H2,1-3H3. The lowest BCUT2D eigenvalue weighted by atomic mass is 10.1. The van der Waals surface area contributed by atoms with Crippen LogP contribution in [0.5, 0.6) is 0 Å². The third kappa shape index (κ3) is 4.68. The first kappa shape index (κ1) is 19.4. The van der Waals surface area contributed by atoms with E-state index in [-0.39, 0.29) is 17.9 Å². The van der Waals surface area contributed by atoms with Gasteiger partial charge in [-0.15, -0.1) is 0 Å². The maximum absolute atomic E-state index is 12.2. The molecular weight excluding hydrogens is 346 g/mol. The van der Waals surface area contributed by atoms with Crippen LogP contribution in [0.4, 0.5) is 16.3 Å². The van der Waals surface area contributed by atoms with Crippen LogP contribution in [0, 0.1) is 5.92 Å². The number of anilines is 2. The number of hydrogen-bond donors (Lipinski definition) is 1. The largest absolute Gasteiger partial charge is 0.444 e. The molecule has 1 unspecified atom stereocenters. The van der Waals surface area contributed by atoms with Gasteiger partial charge in [-0.2, -0.15) is 0 Å². The second-order valence-corrected chi connectivity index (χ2v) is 8.14. The number of nitrogens with zero attached hydrogens (tertiary/aromatic N) is 4. The van der Waals surface area contributed by atoms with Crippen molar-refractivity contribution in [2.24, 2.45) is 11.7 Å². The Labute approximate surface area is 160 Å². The second-order valence-electron chi connectivity index (χ2n) is 8.14. The van der Waals surface area contributed by atoms with Gasteiger partial charge in [0.05, 0.1) is 11.9 Å². The van der Waals surface area contributed by atoms with Gasteiger partial charge in [-0.3, -0.25) is 4.79 Å². The van der Waals surface area contributed by atoms with E-state index >= 15 is 0 Å². The van der Waals surface area contributed by atoms with E-state index in [9.17, 15) is 9.59 Å². The normalized spacial score (nSPS) is 21.0. The smallest absolute Gasteiger partial charge is 0.410 e. The number of piperazine rings is 1. The average molecular weight is 375 g/mol. The monoisotopic (exact) mass is 375 g/mol. The van der Waals surface area contributed by atoms with Crippen molar-refractivity contribution in [3.8, 4) is 0 Å². The van der Waals surface area contributed by atoms with Crippen LogP contribution in [0.3, 0.4) is 0 Å². The summed E-state index contributed by atoms with van der Waals surface area (Å²) in [6, 6.07) is 3.86. The number of ether oxygens (including phenoxy) is 1. The van der Waals surface area contributed by atoms with Gasteiger partial charge in [0, 0.05) is 39.1 Å². The van der Waals surface area contributed by atoms with E-state index < -0.39 is 5.60 Å². The predicted octanol–water partition coefficient (Wildman–Crippen LogP) is 1.45. The molecule has 3 rings (SSSR count). The Morgan fingerprint density at radius 1 is 1.26 bits per heavy atom. The van der Waals surface area contributed by atoms with Crippen molar-refractivity contribution >= 4 is 23.5 Å². The van der Waals surface area contributed by atoms with Crippen LogP contribution in [0.15, 0.2) is 18.3 Å². The van der Waals surface area contributed by atoms with E-state index in [2.05, 4.69) is 9.88 Å². The minimum atomic E-state index is -0.485. The molecule has 148 valence electrons. The van der Waals surface area contributed by atoms with E-state index in [1.807, 2.05) is 32.9 Å². The molecule has 0 aromatic carbocycles. The van der Waals surface area contributed by atoms with Crippen LogP contribution in [0.2, 0.25) is 0 Å². The zero-order valence-electron chi connectivity index (χ0n) is 16.4. The number of hydrogen-bond acceptors (Lipinski definition) is 6. The zero-order valence-corrected chi connectivity index (χ0v) is 16.4. The third-order valence-corrected chi connectivity index (χ3v) is 4.84. The molecule has 2 saturated heterocycles. The van der Waals surface area contributed by atoms with Crippen LogP contribution >= 0.6 is 0 Å². The molecule has 2 aliphatic heterocycles. The van der Waals surface area contributed by atoms with Crippen LogP contribution in [-0.4, -0.2) is 66.8 Å². The molecule has 3 heterocycles. The molecule has 2 amide bonds. The summed E-state index contributed by atoms with van der Waals surface area (Å²) in [7, 11) is 0. The summed E-state index contributed by atoms with van der Waals surface area (Å²) in [5.74, 6) is 1.17. The maximum Gasteiger partial charge on any atom is 0.410 e. The molecule has 2 N–H and O–H groups in total. The molecule has 27 heavy (non-hydrogen) atoms. The molecule has 1 aromatic rings. The quantitative estimate of drug-likeness (QED) is 0.860. The van der Waals surface area contributed by atoms with Gasteiger partial charge < -0.3 is 25.2 Å². The van der Waals surface area contributed by atoms with Crippen LogP contribution in [0.25, 0.3) is 0 Å². The molecule has 8 nitrogen and oxygen atoms in total. The average Bonchev–Trinajstić information content (AvgIpc) is 3.01. The van der Waals surface area contributed by atoms with Gasteiger partial charge in [-0.05, 0) is 45.4 Å². The highest BCUT2D eigenvalue weighted by Crippen LogP contribution is 2.25. The Kier molecular flexibility index (Phi) is 5.55. The zero-order chi connectivity index (χ0) is 19.6. The third-order valence-electron chi connectivity index (χ3n) is 4.84. The Morgan fingerprint density at radius 2 is 1.96 bits per heavy atom. The van der Waals surface area contributed by atoms with E-state index in [0.717, 1.165) is 11.5 Å². The van der Waals surface area contributed by atoms with Gasteiger partial charge in [-0.25, -0.2) is 9.78 Å². The van der Waals surface area contributed by atoms with Gasteiger partial charge in [0.1, 0.15) is 11.4 Å².